The Morgan fingerprint density at radius 1 is 1.18 bits per heavy atom. The Morgan fingerprint density at radius 3 is 2.18 bits per heavy atom. The molecule has 11 heavy (non-hydrogen) atoms. The Morgan fingerprint density at radius 2 is 1.82 bits per heavy atom. The minimum absolute atomic E-state index is 0.292. The normalized spacial score (nSPS) is 21.1. The summed E-state index contributed by atoms with van der Waals surface area (Å²) in [7, 11) is 0. The molecule has 0 aromatic carbocycles. The molecule has 0 aromatic rings. The first kappa shape index (κ1) is 8.32. The van der Waals surface area contributed by atoms with Crippen molar-refractivity contribution in [2.24, 2.45) is 5.41 Å². The lowest BCUT2D eigenvalue weighted by Gasteiger charge is -2.12. The van der Waals surface area contributed by atoms with Gasteiger partial charge in [0.25, 0.3) is 0 Å². The first-order chi connectivity index (χ1) is 4.97. The quantitative estimate of drug-likeness (QED) is 0.493. The molecule has 0 aliphatic heterocycles. The predicted octanol–water partition coefficient (Wildman–Crippen LogP) is 3.48. The molecule has 0 atom stereocenters. The summed E-state index contributed by atoms with van der Waals surface area (Å²) in [5.74, 6) is 0. The van der Waals surface area contributed by atoms with E-state index in [9.17, 15) is 0 Å². The predicted molar refractivity (Wildman–Crippen MR) is 50.4 cm³/mol. The van der Waals surface area contributed by atoms with Gasteiger partial charge >= 0.3 is 0 Å². The van der Waals surface area contributed by atoms with Crippen LogP contribution < -0.4 is 0 Å². The maximum absolute atomic E-state index is 2.29. The number of hydrogen-bond acceptors (Lipinski definition) is 0. The van der Waals surface area contributed by atoms with Gasteiger partial charge in [-0.1, -0.05) is 50.6 Å². The van der Waals surface area contributed by atoms with Crippen LogP contribution in [0, 0.1) is 5.41 Å². The Kier molecular flexibility index (Phi) is 2.03. The lowest BCUT2D eigenvalue weighted by Crippen LogP contribution is -1.99. The van der Waals surface area contributed by atoms with Gasteiger partial charge in [0.15, 0.2) is 0 Å². The average molecular weight is 148 g/mol. The van der Waals surface area contributed by atoms with Gasteiger partial charge in [-0.05, 0) is 17.9 Å². The Labute approximate surface area is 69.3 Å². The van der Waals surface area contributed by atoms with Crippen LogP contribution in [0.15, 0.2) is 35.5 Å². The molecule has 0 heterocycles. The summed E-state index contributed by atoms with van der Waals surface area (Å²) in [6.07, 6.45) is 8.82. The molecule has 0 heteroatoms. The molecule has 0 saturated heterocycles. The average Bonchev–Trinajstić information content (AvgIpc) is 2.10. The van der Waals surface area contributed by atoms with Crippen LogP contribution in [0.3, 0.4) is 0 Å². The van der Waals surface area contributed by atoms with Gasteiger partial charge in [0.05, 0.1) is 0 Å². The number of rotatable bonds is 0. The first-order valence-electron chi connectivity index (χ1n) is 4.07. The highest BCUT2D eigenvalue weighted by atomic mass is 14.1. The summed E-state index contributed by atoms with van der Waals surface area (Å²) in [5, 5.41) is 0. The standard InChI is InChI=1S/C11H16/c1-9-5-6-10(7-9)8-11(2,3)4/h5-8H,1-4H3. The van der Waals surface area contributed by atoms with Crippen LogP contribution in [0.25, 0.3) is 0 Å². The van der Waals surface area contributed by atoms with Gasteiger partial charge in [-0.2, -0.15) is 0 Å². The molecule has 0 bridgehead atoms. The molecule has 1 aliphatic rings. The number of hydrogen-bond donors (Lipinski definition) is 0. The smallest absolute Gasteiger partial charge is 0.0194 e. The van der Waals surface area contributed by atoms with Crippen molar-refractivity contribution in [3.05, 3.63) is 35.5 Å². The van der Waals surface area contributed by atoms with E-state index in [1.807, 2.05) is 0 Å². The lowest BCUT2D eigenvalue weighted by molar-refractivity contribution is 0.542. The minimum atomic E-state index is 0.292. The minimum Gasteiger partial charge on any atom is -0.0719 e. The summed E-state index contributed by atoms with van der Waals surface area (Å²) in [6, 6.07) is 0. The maximum Gasteiger partial charge on any atom is -0.0194 e. The second-order valence-electron chi connectivity index (χ2n) is 4.23. The van der Waals surface area contributed by atoms with Gasteiger partial charge in [0.2, 0.25) is 0 Å². The van der Waals surface area contributed by atoms with Crippen molar-refractivity contribution in [3.8, 4) is 0 Å². The zero-order valence-electron chi connectivity index (χ0n) is 7.81. The van der Waals surface area contributed by atoms with Crippen molar-refractivity contribution in [2.45, 2.75) is 27.7 Å². The van der Waals surface area contributed by atoms with E-state index in [2.05, 4.69) is 52.0 Å². The third kappa shape index (κ3) is 2.75. The summed E-state index contributed by atoms with van der Waals surface area (Å²) in [5.41, 5.74) is 2.98. The van der Waals surface area contributed by atoms with E-state index in [-0.39, 0.29) is 0 Å². The SMILES string of the molecule is CC1=CC(=CC(C)(C)C)C=C1. The third-order valence-electron chi connectivity index (χ3n) is 1.53. The molecule has 1 rings (SSSR count). The van der Waals surface area contributed by atoms with Crippen molar-refractivity contribution >= 4 is 0 Å². The lowest BCUT2D eigenvalue weighted by atomic mass is 9.94. The second-order valence-corrected chi connectivity index (χ2v) is 4.23. The largest absolute Gasteiger partial charge is 0.0719 e. The molecule has 0 fully saturated rings. The van der Waals surface area contributed by atoms with Crippen molar-refractivity contribution in [1.82, 2.24) is 0 Å². The van der Waals surface area contributed by atoms with E-state index in [1.165, 1.54) is 11.1 Å². The Bertz CT molecular complexity index is 231. The van der Waals surface area contributed by atoms with Crippen LogP contribution in [0.1, 0.15) is 27.7 Å². The highest BCUT2D eigenvalue weighted by molar-refractivity contribution is 5.45. The van der Waals surface area contributed by atoms with Gasteiger partial charge in [0, 0.05) is 0 Å². The molecule has 0 aromatic heterocycles. The monoisotopic (exact) mass is 148 g/mol. The van der Waals surface area contributed by atoms with Crippen molar-refractivity contribution in [2.75, 3.05) is 0 Å². The van der Waals surface area contributed by atoms with Crippen LogP contribution in [0.5, 0.6) is 0 Å². The van der Waals surface area contributed by atoms with Crippen LogP contribution >= 0.6 is 0 Å². The fourth-order valence-electron chi connectivity index (χ4n) is 1.18. The second kappa shape index (κ2) is 2.69. The maximum atomic E-state index is 2.29. The molecule has 0 saturated carbocycles. The van der Waals surface area contributed by atoms with Gasteiger partial charge in [-0.25, -0.2) is 0 Å². The molecular weight excluding hydrogens is 132 g/mol. The molecule has 1 aliphatic carbocycles. The van der Waals surface area contributed by atoms with Crippen LogP contribution in [0.4, 0.5) is 0 Å². The van der Waals surface area contributed by atoms with Crippen LogP contribution in [0.2, 0.25) is 0 Å². The highest BCUT2D eigenvalue weighted by Crippen LogP contribution is 2.22. The summed E-state index contributed by atoms with van der Waals surface area (Å²) in [4.78, 5) is 0. The highest BCUT2D eigenvalue weighted by Gasteiger charge is 2.07. The molecule has 0 spiro atoms. The van der Waals surface area contributed by atoms with Crippen molar-refractivity contribution in [3.63, 3.8) is 0 Å². The van der Waals surface area contributed by atoms with E-state index in [4.69, 9.17) is 0 Å². The zero-order chi connectivity index (χ0) is 8.48. The third-order valence-corrected chi connectivity index (χ3v) is 1.53. The van der Waals surface area contributed by atoms with Gasteiger partial charge in [0.1, 0.15) is 0 Å². The molecule has 0 unspecified atom stereocenters. The fourth-order valence-corrected chi connectivity index (χ4v) is 1.18. The molecule has 0 N–H and O–H groups in total. The summed E-state index contributed by atoms with van der Waals surface area (Å²) in [6.45, 7) is 8.78. The topological polar surface area (TPSA) is 0 Å². The number of allylic oxidation sites excluding steroid dienone is 6. The molecule has 60 valence electrons. The van der Waals surface area contributed by atoms with E-state index >= 15 is 0 Å². The van der Waals surface area contributed by atoms with E-state index in [0.29, 0.717) is 5.41 Å². The summed E-state index contributed by atoms with van der Waals surface area (Å²) < 4.78 is 0. The van der Waals surface area contributed by atoms with E-state index in [1.54, 1.807) is 0 Å². The molecular formula is C11H16. The zero-order valence-corrected chi connectivity index (χ0v) is 7.81. The summed E-state index contributed by atoms with van der Waals surface area (Å²) >= 11 is 0. The first-order valence-corrected chi connectivity index (χ1v) is 4.07. The van der Waals surface area contributed by atoms with Crippen molar-refractivity contribution < 1.29 is 0 Å². The Balaban J connectivity index is 2.80. The van der Waals surface area contributed by atoms with Crippen molar-refractivity contribution in [1.29, 1.82) is 0 Å². The Hall–Kier alpha value is -0.780. The molecule has 0 radical (unpaired) electrons. The molecule has 0 nitrogen and oxygen atoms in total. The van der Waals surface area contributed by atoms with Crippen LogP contribution in [-0.4, -0.2) is 0 Å². The van der Waals surface area contributed by atoms with Gasteiger partial charge < -0.3 is 0 Å². The van der Waals surface area contributed by atoms with Crippen LogP contribution in [-0.2, 0) is 0 Å². The van der Waals surface area contributed by atoms with E-state index < -0.39 is 0 Å². The molecule has 0 amide bonds. The van der Waals surface area contributed by atoms with Gasteiger partial charge in [-0.15, -0.1) is 0 Å². The van der Waals surface area contributed by atoms with Gasteiger partial charge in [-0.3, -0.25) is 0 Å². The van der Waals surface area contributed by atoms with E-state index in [0.717, 1.165) is 0 Å². The fraction of sp³-hybridized carbons (Fsp3) is 0.455.